The van der Waals surface area contributed by atoms with E-state index in [0.717, 1.165) is 18.4 Å². The van der Waals surface area contributed by atoms with Gasteiger partial charge in [-0.3, -0.25) is 9.00 Å². The van der Waals surface area contributed by atoms with E-state index in [4.69, 9.17) is 0 Å². The number of rotatable bonds is 5. The minimum absolute atomic E-state index is 0.237. The molecule has 1 fully saturated rings. The van der Waals surface area contributed by atoms with Crippen molar-refractivity contribution in [2.75, 3.05) is 5.32 Å². The third-order valence-corrected chi connectivity index (χ3v) is 5.90. The Bertz CT molecular complexity index is 681. The first-order valence-electron chi connectivity index (χ1n) is 7.85. The predicted octanol–water partition coefficient (Wildman–Crippen LogP) is 2.64. The molecule has 1 unspecified atom stereocenters. The normalized spacial score (nSPS) is 16.9. The Balaban J connectivity index is 1.62. The third-order valence-electron chi connectivity index (χ3n) is 4.07. The lowest BCUT2D eigenvalue weighted by molar-refractivity contribution is 0.102. The Kier molecular flexibility index (Phi) is 5.17. The van der Waals surface area contributed by atoms with E-state index >= 15 is 0 Å². The Morgan fingerprint density at radius 3 is 2.87 bits per heavy atom. The maximum Gasteiger partial charge on any atom is 0.277 e. The summed E-state index contributed by atoms with van der Waals surface area (Å²) >= 11 is 0. The first-order chi connectivity index (χ1) is 11.2. The van der Waals surface area contributed by atoms with Crippen LogP contribution in [0.3, 0.4) is 0 Å². The quantitative estimate of drug-likeness (QED) is 0.881. The van der Waals surface area contributed by atoms with Crippen LogP contribution < -0.4 is 5.32 Å². The van der Waals surface area contributed by atoms with Gasteiger partial charge in [0.2, 0.25) is 0 Å². The van der Waals surface area contributed by atoms with Crippen molar-refractivity contribution >= 4 is 22.4 Å². The molecule has 0 aliphatic heterocycles. The number of hydrogen-bond acceptors (Lipinski definition) is 4. The molecule has 1 heterocycles. The van der Waals surface area contributed by atoms with Crippen LogP contribution in [0.5, 0.6) is 0 Å². The van der Waals surface area contributed by atoms with Gasteiger partial charge < -0.3 is 5.32 Å². The van der Waals surface area contributed by atoms with E-state index in [9.17, 15) is 9.00 Å². The van der Waals surface area contributed by atoms with Crippen LogP contribution in [-0.4, -0.2) is 30.8 Å². The fourth-order valence-electron chi connectivity index (χ4n) is 2.86. The summed E-state index contributed by atoms with van der Waals surface area (Å²) in [6.45, 7) is 0. The molecule has 1 aliphatic carbocycles. The van der Waals surface area contributed by atoms with E-state index in [1.54, 1.807) is 0 Å². The zero-order valence-corrected chi connectivity index (χ0v) is 13.6. The number of anilines is 1. The molecule has 1 aromatic heterocycles. The zero-order chi connectivity index (χ0) is 16.1. The van der Waals surface area contributed by atoms with Crippen molar-refractivity contribution in [3.8, 4) is 0 Å². The summed E-state index contributed by atoms with van der Waals surface area (Å²) in [6.07, 6.45) is 7.13. The summed E-state index contributed by atoms with van der Waals surface area (Å²) in [5.74, 6) is 0.225. The van der Waals surface area contributed by atoms with Gasteiger partial charge in [-0.2, -0.15) is 15.4 Å². The maximum atomic E-state index is 12.5. The standard InChI is InChI=1S/C16H20N4O2S/c21-16(15-10-17-20-19-15)18-13-6-4-5-12(9-13)11-23(22)14-7-2-1-3-8-14/h4-6,9-10,14H,1-3,7-8,11H2,(H,18,21)(H,17,19,20). The van der Waals surface area contributed by atoms with Crippen molar-refractivity contribution in [2.45, 2.75) is 43.1 Å². The molecule has 0 radical (unpaired) electrons. The molecule has 0 saturated heterocycles. The summed E-state index contributed by atoms with van der Waals surface area (Å²) in [6, 6.07) is 7.50. The lowest BCUT2D eigenvalue weighted by Crippen LogP contribution is -2.20. The van der Waals surface area contributed by atoms with Crippen LogP contribution in [0.1, 0.15) is 48.2 Å². The number of hydrogen-bond donors (Lipinski definition) is 2. The second-order valence-electron chi connectivity index (χ2n) is 5.79. The number of H-pyrrole nitrogens is 1. The Hall–Kier alpha value is -2.02. The lowest BCUT2D eigenvalue weighted by atomic mass is 10.0. The minimum atomic E-state index is -0.848. The number of carbonyl (C=O) groups excluding carboxylic acids is 1. The van der Waals surface area contributed by atoms with Crippen molar-refractivity contribution in [3.63, 3.8) is 0 Å². The summed E-state index contributed by atoms with van der Waals surface area (Å²) < 4.78 is 12.5. The van der Waals surface area contributed by atoms with Gasteiger partial charge in [0.25, 0.3) is 5.91 Å². The SMILES string of the molecule is O=C(Nc1cccc(CS(=O)C2CCCCC2)c1)c1cn[nH]n1. The molecule has 1 aliphatic rings. The van der Waals surface area contributed by atoms with Gasteiger partial charge in [0.1, 0.15) is 0 Å². The molecule has 0 spiro atoms. The molecule has 0 bridgehead atoms. The Labute approximate surface area is 137 Å². The van der Waals surface area contributed by atoms with Crippen molar-refractivity contribution in [3.05, 3.63) is 41.7 Å². The molecule has 3 rings (SSSR count). The number of amides is 1. The highest BCUT2D eigenvalue weighted by molar-refractivity contribution is 7.84. The monoisotopic (exact) mass is 332 g/mol. The van der Waals surface area contributed by atoms with Crippen LogP contribution in [0.25, 0.3) is 0 Å². The number of benzene rings is 1. The van der Waals surface area contributed by atoms with Gasteiger partial charge in [-0.1, -0.05) is 31.4 Å². The van der Waals surface area contributed by atoms with E-state index < -0.39 is 10.8 Å². The van der Waals surface area contributed by atoms with Gasteiger partial charge in [0.15, 0.2) is 5.69 Å². The molecule has 122 valence electrons. The molecule has 1 aromatic carbocycles. The number of aromatic amines is 1. The van der Waals surface area contributed by atoms with Crippen LogP contribution in [0.15, 0.2) is 30.5 Å². The van der Waals surface area contributed by atoms with E-state index in [1.165, 1.54) is 25.5 Å². The molecule has 2 N–H and O–H groups in total. The van der Waals surface area contributed by atoms with Crippen molar-refractivity contribution in [1.82, 2.24) is 15.4 Å². The number of nitrogens with one attached hydrogen (secondary N) is 2. The molecular weight excluding hydrogens is 312 g/mol. The summed E-state index contributed by atoms with van der Waals surface area (Å²) in [5.41, 5.74) is 1.89. The van der Waals surface area contributed by atoms with Gasteiger partial charge in [-0.15, -0.1) is 0 Å². The summed E-state index contributed by atoms with van der Waals surface area (Å²) in [7, 11) is -0.848. The van der Waals surface area contributed by atoms with Crippen LogP contribution in [-0.2, 0) is 16.6 Å². The highest BCUT2D eigenvalue weighted by Gasteiger charge is 2.20. The van der Waals surface area contributed by atoms with Crippen LogP contribution >= 0.6 is 0 Å². The lowest BCUT2D eigenvalue weighted by Gasteiger charge is -2.21. The van der Waals surface area contributed by atoms with Gasteiger partial charge in [-0.05, 0) is 30.5 Å². The smallest absolute Gasteiger partial charge is 0.277 e. The van der Waals surface area contributed by atoms with Gasteiger partial charge in [-0.25, -0.2) is 0 Å². The number of carbonyl (C=O) groups is 1. The third kappa shape index (κ3) is 4.25. The summed E-state index contributed by atoms with van der Waals surface area (Å²) in [4.78, 5) is 12.0. The average molecular weight is 332 g/mol. The van der Waals surface area contributed by atoms with E-state index in [-0.39, 0.29) is 11.6 Å². The maximum absolute atomic E-state index is 12.5. The second-order valence-corrected chi connectivity index (χ2v) is 7.51. The van der Waals surface area contributed by atoms with Gasteiger partial charge in [0, 0.05) is 27.5 Å². The molecule has 2 aromatic rings. The first kappa shape index (κ1) is 15.9. The molecular formula is C16H20N4O2S. The average Bonchev–Trinajstić information content (AvgIpc) is 3.10. The van der Waals surface area contributed by atoms with Gasteiger partial charge in [0.05, 0.1) is 6.20 Å². The molecule has 6 nitrogen and oxygen atoms in total. The van der Waals surface area contributed by atoms with E-state index in [0.29, 0.717) is 16.7 Å². The Morgan fingerprint density at radius 1 is 1.30 bits per heavy atom. The summed E-state index contributed by atoms with van der Waals surface area (Å²) in [5, 5.41) is 12.9. The molecule has 23 heavy (non-hydrogen) atoms. The molecule has 7 heteroatoms. The van der Waals surface area contributed by atoms with Crippen molar-refractivity contribution in [2.24, 2.45) is 0 Å². The molecule has 1 atom stereocenters. The second kappa shape index (κ2) is 7.50. The molecule has 1 saturated carbocycles. The van der Waals surface area contributed by atoms with Gasteiger partial charge >= 0.3 is 0 Å². The topological polar surface area (TPSA) is 87.7 Å². The zero-order valence-electron chi connectivity index (χ0n) is 12.8. The van der Waals surface area contributed by atoms with Crippen molar-refractivity contribution < 1.29 is 9.00 Å². The molecule has 1 amide bonds. The van der Waals surface area contributed by atoms with E-state index in [1.807, 2.05) is 24.3 Å². The highest BCUT2D eigenvalue weighted by atomic mass is 32.2. The van der Waals surface area contributed by atoms with E-state index in [2.05, 4.69) is 20.7 Å². The largest absolute Gasteiger partial charge is 0.321 e. The fourth-order valence-corrected chi connectivity index (χ4v) is 4.46. The fraction of sp³-hybridized carbons (Fsp3) is 0.438. The van der Waals surface area contributed by atoms with Crippen LogP contribution in [0.2, 0.25) is 0 Å². The van der Waals surface area contributed by atoms with Crippen LogP contribution in [0.4, 0.5) is 5.69 Å². The first-order valence-corrected chi connectivity index (χ1v) is 9.24. The van der Waals surface area contributed by atoms with Crippen molar-refractivity contribution in [1.29, 1.82) is 0 Å². The predicted molar refractivity (Wildman–Crippen MR) is 89.5 cm³/mol. The van der Waals surface area contributed by atoms with Crippen LogP contribution in [0, 0.1) is 0 Å². The number of aromatic nitrogens is 3. The Morgan fingerprint density at radius 2 is 2.13 bits per heavy atom. The number of nitrogens with zero attached hydrogens (tertiary/aromatic N) is 2. The minimum Gasteiger partial charge on any atom is -0.321 e. The highest BCUT2D eigenvalue weighted by Crippen LogP contribution is 2.24.